The van der Waals surface area contributed by atoms with Crippen LogP contribution in [0.25, 0.3) is 16.5 Å². The summed E-state index contributed by atoms with van der Waals surface area (Å²) in [7, 11) is 1.75. The minimum absolute atomic E-state index is 0.0236. The van der Waals surface area contributed by atoms with Gasteiger partial charge in [0.15, 0.2) is 0 Å². The monoisotopic (exact) mass is 435 g/mol. The van der Waals surface area contributed by atoms with Crippen LogP contribution in [0.15, 0.2) is 53.5 Å². The Hall–Kier alpha value is -3.19. The van der Waals surface area contributed by atoms with E-state index in [-0.39, 0.29) is 17.3 Å². The van der Waals surface area contributed by atoms with Gasteiger partial charge in [-0.2, -0.15) is 4.74 Å². The Labute approximate surface area is 185 Å². The molecule has 2 aliphatic heterocycles. The third-order valence-electron chi connectivity index (χ3n) is 6.59. The highest BCUT2D eigenvalue weighted by Crippen LogP contribution is 2.26. The third-order valence-corrected chi connectivity index (χ3v) is 6.59. The molecule has 5 rings (SSSR count). The lowest BCUT2D eigenvalue weighted by molar-refractivity contribution is 0.186. The van der Waals surface area contributed by atoms with Gasteiger partial charge in [-0.25, -0.2) is 4.39 Å². The number of aromatic nitrogens is 1. The van der Waals surface area contributed by atoms with Crippen molar-refractivity contribution < 1.29 is 9.13 Å². The second-order valence-corrected chi connectivity index (χ2v) is 8.64. The quantitative estimate of drug-likeness (QED) is 0.338. The highest BCUT2D eigenvalue weighted by Gasteiger charge is 2.33. The van der Waals surface area contributed by atoms with Gasteiger partial charge in [0.1, 0.15) is 16.8 Å². The molecule has 7 heteroatoms. The van der Waals surface area contributed by atoms with Crippen molar-refractivity contribution >= 4 is 16.5 Å². The first-order valence-electron chi connectivity index (χ1n) is 11.1. The van der Waals surface area contributed by atoms with Crippen LogP contribution in [0.4, 0.5) is 4.39 Å². The number of hydroxylamine groups is 1. The van der Waals surface area contributed by atoms with Crippen molar-refractivity contribution in [2.24, 2.45) is 13.0 Å². The molecular weight excluding hydrogens is 409 g/mol. The number of rotatable bonds is 6. The molecule has 0 aliphatic carbocycles. The number of pyridine rings is 1. The first kappa shape index (κ1) is 20.7. The van der Waals surface area contributed by atoms with E-state index in [2.05, 4.69) is 4.90 Å². The van der Waals surface area contributed by atoms with Gasteiger partial charge in [-0.1, -0.05) is 6.07 Å². The molecule has 3 heterocycles. The zero-order valence-corrected chi connectivity index (χ0v) is 18.1. The Morgan fingerprint density at radius 3 is 2.78 bits per heavy atom. The zero-order valence-electron chi connectivity index (χ0n) is 18.1. The molecule has 1 fully saturated rings. The van der Waals surface area contributed by atoms with E-state index in [9.17, 15) is 14.4 Å². The summed E-state index contributed by atoms with van der Waals surface area (Å²) in [5.74, 6) is 0.580. The first-order valence-corrected chi connectivity index (χ1v) is 11.1. The second-order valence-electron chi connectivity index (χ2n) is 8.64. The molecule has 2 aromatic carbocycles. The van der Waals surface area contributed by atoms with Gasteiger partial charge in [-0.15, -0.1) is 0 Å². The Bertz CT molecular complexity index is 1360. The summed E-state index contributed by atoms with van der Waals surface area (Å²) >= 11 is 0. The standard InChI is InChI=1S/C25H26FN3O3/c1-27-11-7-17-3-5-20(16-22(17)25(27)30)32-14-2-10-28-12-8-18(9-13-28)24-21-6-4-19(26)15-23(21)29(24)31/h3-7,11,15-16,18H,2,8-10,12-14H2,1H3. The van der Waals surface area contributed by atoms with Crippen LogP contribution in [-0.2, 0) is 7.05 Å². The molecule has 0 bridgehead atoms. The molecule has 0 unspecified atom stereocenters. The number of aryl methyl sites for hydroxylation is 1. The average molecular weight is 435 g/mol. The van der Waals surface area contributed by atoms with E-state index in [0.29, 0.717) is 23.1 Å². The van der Waals surface area contributed by atoms with Gasteiger partial charge in [0, 0.05) is 31.8 Å². The molecule has 0 amide bonds. The van der Waals surface area contributed by atoms with E-state index >= 15 is 0 Å². The Kier molecular flexibility index (Phi) is 5.43. The molecule has 2 aliphatic rings. The van der Waals surface area contributed by atoms with Crippen LogP contribution in [0, 0.1) is 16.9 Å². The largest absolute Gasteiger partial charge is 0.618 e. The number of piperidine rings is 1. The molecule has 6 nitrogen and oxygen atoms in total. The molecule has 0 spiro atoms. The summed E-state index contributed by atoms with van der Waals surface area (Å²) in [6.45, 7) is 3.39. The smallest absolute Gasteiger partial charge is 0.258 e. The van der Waals surface area contributed by atoms with E-state index in [4.69, 9.17) is 4.74 Å². The molecular formula is C25H26FN3O3. The van der Waals surface area contributed by atoms with Gasteiger partial charge in [0.05, 0.1) is 12.0 Å². The van der Waals surface area contributed by atoms with Gasteiger partial charge < -0.3 is 19.4 Å². The fraction of sp³-hybridized carbons (Fsp3) is 0.360. The molecule has 0 radical (unpaired) electrons. The number of halogens is 1. The lowest BCUT2D eigenvalue weighted by Crippen LogP contribution is -2.52. The average Bonchev–Trinajstić information content (AvgIpc) is 2.81. The molecule has 0 saturated carbocycles. The normalized spacial score (nSPS) is 16.8. The summed E-state index contributed by atoms with van der Waals surface area (Å²) in [5, 5.41) is 15.2. The van der Waals surface area contributed by atoms with Crippen LogP contribution >= 0.6 is 0 Å². The molecule has 0 atom stereocenters. The fourth-order valence-electron chi connectivity index (χ4n) is 4.78. The predicted molar refractivity (Wildman–Crippen MR) is 122 cm³/mol. The lowest BCUT2D eigenvalue weighted by atomic mass is 9.90. The first-order chi connectivity index (χ1) is 15.5. The van der Waals surface area contributed by atoms with Crippen LogP contribution in [0.3, 0.4) is 0 Å². The summed E-state index contributed by atoms with van der Waals surface area (Å²) in [6, 6.07) is 12.0. The van der Waals surface area contributed by atoms with E-state index in [1.54, 1.807) is 23.9 Å². The number of hydrogen-bond acceptors (Lipinski definition) is 4. The number of ether oxygens (including phenoxy) is 1. The van der Waals surface area contributed by atoms with E-state index in [1.165, 1.54) is 12.1 Å². The van der Waals surface area contributed by atoms with Crippen molar-refractivity contribution in [1.29, 1.82) is 0 Å². The Balaban J connectivity index is 1.11. The molecule has 1 aromatic heterocycles. The minimum Gasteiger partial charge on any atom is -0.618 e. The SMILES string of the molecule is Cn1ccc2ccc(OCCCN3CCC(C4=c5ccc(F)cc5=[N+]4[O-])CC3)cc2c1=O. The van der Waals surface area contributed by atoms with E-state index in [1.807, 2.05) is 24.3 Å². The van der Waals surface area contributed by atoms with Crippen LogP contribution in [0.1, 0.15) is 19.3 Å². The lowest BCUT2D eigenvalue weighted by Gasteiger charge is -2.32. The van der Waals surface area contributed by atoms with Gasteiger partial charge in [-0.3, -0.25) is 4.79 Å². The topological polar surface area (TPSA) is 60.5 Å². The maximum absolute atomic E-state index is 13.3. The summed E-state index contributed by atoms with van der Waals surface area (Å²) in [5.41, 5.74) is 0.787. The second kappa shape index (κ2) is 8.39. The fourth-order valence-corrected chi connectivity index (χ4v) is 4.78. The number of benzene rings is 2. The van der Waals surface area contributed by atoms with Crippen molar-refractivity contribution in [3.8, 4) is 5.75 Å². The maximum Gasteiger partial charge on any atom is 0.258 e. The maximum atomic E-state index is 13.3. The van der Waals surface area contributed by atoms with E-state index in [0.717, 1.165) is 59.9 Å². The van der Waals surface area contributed by atoms with Crippen molar-refractivity contribution in [3.05, 3.63) is 80.6 Å². The van der Waals surface area contributed by atoms with Crippen molar-refractivity contribution in [2.75, 3.05) is 26.2 Å². The minimum atomic E-state index is -0.369. The molecule has 32 heavy (non-hydrogen) atoms. The predicted octanol–water partition coefficient (Wildman–Crippen LogP) is 1.97. The van der Waals surface area contributed by atoms with Gasteiger partial charge in [0.2, 0.25) is 11.1 Å². The summed E-state index contributed by atoms with van der Waals surface area (Å²) < 4.78 is 21.7. The van der Waals surface area contributed by atoms with Crippen molar-refractivity contribution in [3.63, 3.8) is 0 Å². The van der Waals surface area contributed by atoms with Gasteiger partial charge >= 0.3 is 0 Å². The number of nitrogens with zero attached hydrogens (tertiary/aromatic N) is 3. The highest BCUT2D eigenvalue weighted by molar-refractivity contribution is 5.82. The van der Waals surface area contributed by atoms with Crippen molar-refractivity contribution in [1.82, 2.24) is 14.2 Å². The van der Waals surface area contributed by atoms with E-state index < -0.39 is 0 Å². The molecule has 3 aromatic rings. The van der Waals surface area contributed by atoms with Crippen LogP contribution in [0.5, 0.6) is 5.75 Å². The van der Waals surface area contributed by atoms with Crippen molar-refractivity contribution in [2.45, 2.75) is 19.3 Å². The third kappa shape index (κ3) is 3.77. The van der Waals surface area contributed by atoms with Crippen LogP contribution in [-0.4, -0.2) is 35.7 Å². The molecule has 0 N–H and O–H groups in total. The summed E-state index contributed by atoms with van der Waals surface area (Å²) in [4.78, 5) is 14.7. The Morgan fingerprint density at radius 2 is 1.97 bits per heavy atom. The van der Waals surface area contributed by atoms with Crippen LogP contribution in [0.2, 0.25) is 0 Å². The highest BCUT2D eigenvalue weighted by atomic mass is 19.1. The number of fused-ring (bicyclic) bond motifs is 2. The molecule has 166 valence electrons. The van der Waals surface area contributed by atoms with Gasteiger partial charge in [-0.05, 0) is 68.1 Å². The zero-order chi connectivity index (χ0) is 22.2. The summed E-state index contributed by atoms with van der Waals surface area (Å²) in [6.07, 6.45) is 4.52. The number of likely N-dealkylation sites (tertiary alicyclic amines) is 1. The number of hydrogen-bond donors (Lipinski definition) is 0. The van der Waals surface area contributed by atoms with Gasteiger partial charge in [0.25, 0.3) is 5.56 Å². The Morgan fingerprint density at radius 1 is 1.16 bits per heavy atom. The van der Waals surface area contributed by atoms with Crippen LogP contribution < -0.4 is 25.6 Å². The molecule has 1 saturated heterocycles.